The van der Waals surface area contributed by atoms with Gasteiger partial charge in [-0.05, 0) is 55.3 Å². The molecule has 0 spiro atoms. The minimum absolute atomic E-state index is 0.102. The second-order valence-corrected chi connectivity index (χ2v) is 9.36. The number of rotatable bonds is 10. The van der Waals surface area contributed by atoms with Gasteiger partial charge in [-0.3, -0.25) is 14.4 Å². The van der Waals surface area contributed by atoms with E-state index in [1.165, 1.54) is 17.2 Å². The summed E-state index contributed by atoms with van der Waals surface area (Å²) >= 11 is 0. The van der Waals surface area contributed by atoms with E-state index in [-0.39, 0.29) is 18.7 Å². The lowest BCUT2D eigenvalue weighted by atomic mass is 10.0. The molecule has 0 bridgehead atoms. The van der Waals surface area contributed by atoms with Crippen molar-refractivity contribution in [1.82, 2.24) is 10.2 Å². The lowest BCUT2D eigenvalue weighted by molar-refractivity contribution is -0.138. The summed E-state index contributed by atoms with van der Waals surface area (Å²) in [7, 11) is 0. The van der Waals surface area contributed by atoms with Crippen LogP contribution in [0, 0.1) is 19.7 Å². The second-order valence-electron chi connectivity index (χ2n) is 9.36. The van der Waals surface area contributed by atoms with E-state index in [2.05, 4.69) is 10.6 Å². The summed E-state index contributed by atoms with van der Waals surface area (Å²) in [5.41, 5.74) is 3.28. The van der Waals surface area contributed by atoms with Crippen molar-refractivity contribution in [2.24, 2.45) is 0 Å². The fourth-order valence-electron chi connectivity index (χ4n) is 4.16. The first-order valence-electron chi connectivity index (χ1n) is 12.8. The lowest BCUT2D eigenvalue weighted by Gasteiger charge is -2.31. The number of furan rings is 1. The summed E-state index contributed by atoms with van der Waals surface area (Å²) < 4.78 is 20.0. The smallest absolute Gasteiger partial charge is 0.248 e. The van der Waals surface area contributed by atoms with Gasteiger partial charge >= 0.3 is 0 Å². The van der Waals surface area contributed by atoms with Gasteiger partial charge in [0.15, 0.2) is 0 Å². The molecule has 1 atom stereocenters. The summed E-state index contributed by atoms with van der Waals surface area (Å²) in [6, 6.07) is 22.8. The van der Waals surface area contributed by atoms with Crippen molar-refractivity contribution in [3.05, 3.63) is 137 Å². The van der Waals surface area contributed by atoms with Crippen LogP contribution in [0.4, 0.5) is 10.1 Å². The third-order valence-corrected chi connectivity index (χ3v) is 6.21. The molecule has 0 aliphatic heterocycles. The number of nitrogens with one attached hydrogen (secondary N) is 2. The number of carbonyl (C=O) groups is 3. The molecule has 8 heteroatoms. The van der Waals surface area contributed by atoms with Crippen LogP contribution in [0.1, 0.15) is 34.1 Å². The Morgan fingerprint density at radius 2 is 1.68 bits per heavy atom. The zero-order chi connectivity index (χ0) is 28.5. The number of carbonyl (C=O) groups excluding carboxylic acids is 3. The molecule has 1 unspecified atom stereocenters. The predicted molar refractivity (Wildman–Crippen MR) is 150 cm³/mol. The van der Waals surface area contributed by atoms with E-state index >= 15 is 0 Å². The highest BCUT2D eigenvalue weighted by molar-refractivity contribution is 6.04. The molecule has 1 aromatic heterocycles. The fourth-order valence-corrected chi connectivity index (χ4v) is 4.16. The van der Waals surface area contributed by atoms with Gasteiger partial charge in [-0.1, -0.05) is 60.2 Å². The maximum absolute atomic E-state index is 14.7. The summed E-state index contributed by atoms with van der Waals surface area (Å²) in [6.07, 6.45) is 3.69. The van der Waals surface area contributed by atoms with E-state index in [1.807, 2.05) is 38.1 Å². The van der Waals surface area contributed by atoms with Crippen molar-refractivity contribution in [3.63, 3.8) is 0 Å². The summed E-state index contributed by atoms with van der Waals surface area (Å²) in [6.45, 7) is 3.71. The molecule has 204 valence electrons. The largest absolute Gasteiger partial charge is 0.467 e. The van der Waals surface area contributed by atoms with Crippen LogP contribution < -0.4 is 10.6 Å². The van der Waals surface area contributed by atoms with Crippen LogP contribution in [0.5, 0.6) is 0 Å². The van der Waals surface area contributed by atoms with Crippen LogP contribution in [-0.4, -0.2) is 22.6 Å². The Morgan fingerprint density at radius 1 is 0.900 bits per heavy atom. The Hall–Kier alpha value is -4.98. The van der Waals surface area contributed by atoms with E-state index in [0.29, 0.717) is 17.0 Å². The summed E-state index contributed by atoms with van der Waals surface area (Å²) in [4.78, 5) is 41.1. The number of halogens is 1. The molecule has 4 rings (SSSR count). The van der Waals surface area contributed by atoms with Gasteiger partial charge in [0.05, 0.1) is 19.4 Å². The van der Waals surface area contributed by atoms with Crippen LogP contribution in [0.25, 0.3) is 0 Å². The maximum atomic E-state index is 14.7. The van der Waals surface area contributed by atoms with Crippen molar-refractivity contribution in [1.29, 1.82) is 0 Å². The molecular weight excluding hydrogens is 509 g/mol. The lowest BCUT2D eigenvalue weighted by Crippen LogP contribution is -2.43. The Morgan fingerprint density at radius 3 is 2.38 bits per heavy atom. The number of hydrogen-bond acceptors (Lipinski definition) is 4. The topological polar surface area (TPSA) is 91.7 Å². The molecule has 3 aromatic carbocycles. The van der Waals surface area contributed by atoms with Gasteiger partial charge in [-0.2, -0.15) is 0 Å². The van der Waals surface area contributed by atoms with E-state index in [0.717, 1.165) is 23.3 Å². The van der Waals surface area contributed by atoms with Crippen LogP contribution in [0.3, 0.4) is 0 Å². The average Bonchev–Trinajstić information content (AvgIpc) is 3.46. The molecule has 3 amide bonds. The average molecular weight is 540 g/mol. The van der Waals surface area contributed by atoms with Gasteiger partial charge in [0.2, 0.25) is 17.7 Å². The zero-order valence-corrected chi connectivity index (χ0v) is 22.3. The number of anilines is 1. The Bertz CT molecular complexity index is 1500. The highest BCUT2D eigenvalue weighted by Crippen LogP contribution is 2.26. The van der Waals surface area contributed by atoms with E-state index in [1.54, 1.807) is 54.6 Å². The monoisotopic (exact) mass is 539 g/mol. The van der Waals surface area contributed by atoms with Crippen LogP contribution in [0.15, 0.2) is 108 Å². The Balaban J connectivity index is 1.65. The maximum Gasteiger partial charge on any atom is 0.248 e. The molecule has 40 heavy (non-hydrogen) atoms. The quantitative estimate of drug-likeness (QED) is 0.256. The third kappa shape index (κ3) is 7.54. The van der Waals surface area contributed by atoms with Gasteiger partial charge < -0.3 is 20.0 Å². The van der Waals surface area contributed by atoms with Gasteiger partial charge in [-0.15, -0.1) is 0 Å². The fraction of sp³-hybridized carbons (Fsp3) is 0.156. The third-order valence-electron chi connectivity index (χ3n) is 6.21. The van der Waals surface area contributed by atoms with Crippen molar-refractivity contribution >= 4 is 23.4 Å². The summed E-state index contributed by atoms with van der Waals surface area (Å²) in [5.74, 6) is -1.61. The molecule has 4 aromatic rings. The molecule has 1 heterocycles. The number of amides is 3. The first kappa shape index (κ1) is 28.0. The normalized spacial score (nSPS) is 11.7. The Labute approximate surface area is 232 Å². The van der Waals surface area contributed by atoms with Crippen molar-refractivity contribution in [3.8, 4) is 0 Å². The number of benzene rings is 3. The molecular formula is C32H30FN3O4. The zero-order valence-electron chi connectivity index (χ0n) is 22.3. The standard InChI is InChI=1S/C32H30FN3O4/c1-22-12-14-24(15-13-22)31(32(39)34-20-27-10-6-18-40-27)36(21-25-8-3-4-11-28(25)33)30(38)17-16-29(37)35-26-9-5-7-23(2)19-26/h3-19,31H,20-21H2,1-2H3,(H,34,39)(H,35,37). The van der Waals surface area contributed by atoms with Crippen molar-refractivity contribution in [2.45, 2.75) is 33.0 Å². The van der Waals surface area contributed by atoms with Gasteiger partial charge in [-0.25, -0.2) is 4.39 Å². The van der Waals surface area contributed by atoms with E-state index in [4.69, 9.17) is 4.42 Å². The minimum atomic E-state index is -1.12. The van der Waals surface area contributed by atoms with Crippen LogP contribution >= 0.6 is 0 Å². The Kier molecular flexibility index (Phi) is 9.25. The van der Waals surface area contributed by atoms with Crippen molar-refractivity contribution in [2.75, 3.05) is 5.32 Å². The van der Waals surface area contributed by atoms with E-state index < -0.39 is 29.6 Å². The van der Waals surface area contributed by atoms with E-state index in [9.17, 15) is 18.8 Å². The van der Waals surface area contributed by atoms with Crippen LogP contribution in [-0.2, 0) is 27.5 Å². The first-order chi connectivity index (χ1) is 19.3. The van der Waals surface area contributed by atoms with Gasteiger partial charge in [0.25, 0.3) is 0 Å². The van der Waals surface area contributed by atoms with Crippen molar-refractivity contribution < 1.29 is 23.2 Å². The molecule has 0 radical (unpaired) electrons. The number of hydrogen-bond donors (Lipinski definition) is 2. The predicted octanol–water partition coefficient (Wildman–Crippen LogP) is 5.62. The molecule has 0 saturated heterocycles. The highest BCUT2D eigenvalue weighted by Gasteiger charge is 2.31. The second kappa shape index (κ2) is 13.2. The number of aryl methyl sites for hydroxylation is 2. The molecule has 0 aliphatic rings. The van der Waals surface area contributed by atoms with Crippen LogP contribution in [0.2, 0.25) is 0 Å². The molecule has 0 fully saturated rings. The highest BCUT2D eigenvalue weighted by atomic mass is 19.1. The van der Waals surface area contributed by atoms with Gasteiger partial charge in [0, 0.05) is 23.4 Å². The minimum Gasteiger partial charge on any atom is -0.467 e. The molecule has 7 nitrogen and oxygen atoms in total. The first-order valence-corrected chi connectivity index (χ1v) is 12.8. The SMILES string of the molecule is Cc1ccc(C(C(=O)NCc2ccco2)N(Cc2ccccc2F)C(=O)C=CC(=O)Nc2cccc(C)c2)cc1. The number of nitrogens with zero attached hydrogens (tertiary/aromatic N) is 1. The molecule has 0 aliphatic carbocycles. The van der Waals surface area contributed by atoms with Gasteiger partial charge in [0.1, 0.15) is 17.6 Å². The molecule has 2 N–H and O–H groups in total. The molecule has 0 saturated carbocycles. The summed E-state index contributed by atoms with van der Waals surface area (Å²) in [5, 5.41) is 5.53.